The maximum Gasteiger partial charge on any atom is 0.202 e. The summed E-state index contributed by atoms with van der Waals surface area (Å²) in [7, 11) is 1.95. The van der Waals surface area contributed by atoms with Gasteiger partial charge in [-0.1, -0.05) is 0 Å². The largest absolute Gasteiger partial charge is 0.369 e. The zero-order valence-corrected chi connectivity index (χ0v) is 12.3. The Bertz CT molecular complexity index is 581. The zero-order chi connectivity index (χ0) is 13.4. The molecule has 0 bridgehead atoms. The van der Waals surface area contributed by atoms with E-state index in [4.69, 9.17) is 5.73 Å². The van der Waals surface area contributed by atoms with Crippen LogP contribution in [-0.4, -0.2) is 55.4 Å². The van der Waals surface area contributed by atoms with Crippen molar-refractivity contribution in [1.82, 2.24) is 24.2 Å². The van der Waals surface area contributed by atoms with E-state index in [0.717, 1.165) is 29.9 Å². The molecule has 1 fully saturated rings. The van der Waals surface area contributed by atoms with Gasteiger partial charge < -0.3 is 5.73 Å². The van der Waals surface area contributed by atoms with Crippen LogP contribution in [0.5, 0.6) is 0 Å². The number of thioether (sulfide) groups is 1. The number of nitrogens with zero attached hydrogens (tertiary/aromatic N) is 5. The number of hydrogen-bond donors (Lipinski definition) is 1. The number of anilines is 1. The van der Waals surface area contributed by atoms with Gasteiger partial charge in [0, 0.05) is 44.7 Å². The minimum Gasteiger partial charge on any atom is -0.369 e. The number of nitrogen functional groups attached to an aromatic ring is 1. The highest BCUT2D eigenvalue weighted by molar-refractivity contribution is 7.99. The van der Waals surface area contributed by atoms with Crippen molar-refractivity contribution in [2.24, 2.45) is 7.05 Å². The van der Waals surface area contributed by atoms with Gasteiger partial charge in [0.1, 0.15) is 5.52 Å². The Morgan fingerprint density at radius 1 is 1.26 bits per heavy atom. The predicted octanol–water partition coefficient (Wildman–Crippen LogP) is 0.709. The summed E-state index contributed by atoms with van der Waals surface area (Å²) in [5, 5.41) is 4.41. The van der Waals surface area contributed by atoms with E-state index in [1.807, 2.05) is 30.4 Å². The maximum absolute atomic E-state index is 6.04. The first-order chi connectivity index (χ1) is 9.16. The van der Waals surface area contributed by atoms with Crippen LogP contribution < -0.4 is 5.73 Å². The lowest BCUT2D eigenvalue weighted by Gasteiger charge is -2.26. The molecule has 3 heterocycles. The molecular weight excluding hydrogens is 260 g/mol. The average molecular weight is 280 g/mol. The van der Waals surface area contributed by atoms with Crippen molar-refractivity contribution in [3.05, 3.63) is 5.69 Å². The lowest BCUT2D eigenvalue weighted by molar-refractivity contribution is 0.291. The Balaban J connectivity index is 1.81. The molecule has 0 aliphatic carbocycles. The van der Waals surface area contributed by atoms with E-state index in [0.29, 0.717) is 5.95 Å². The Morgan fingerprint density at radius 3 is 2.74 bits per heavy atom. The number of aromatic nitrogens is 4. The fourth-order valence-electron chi connectivity index (χ4n) is 2.64. The number of imidazole rings is 1. The summed E-state index contributed by atoms with van der Waals surface area (Å²) in [5.41, 5.74) is 8.94. The molecule has 0 atom stereocenters. The summed E-state index contributed by atoms with van der Waals surface area (Å²) in [6.45, 7) is 6.23. The Kier molecular flexibility index (Phi) is 3.40. The van der Waals surface area contributed by atoms with Gasteiger partial charge in [-0.3, -0.25) is 14.1 Å². The molecule has 7 heteroatoms. The molecule has 0 saturated carbocycles. The highest BCUT2D eigenvalue weighted by Crippen LogP contribution is 2.20. The summed E-state index contributed by atoms with van der Waals surface area (Å²) < 4.78 is 3.96. The van der Waals surface area contributed by atoms with E-state index in [-0.39, 0.29) is 0 Å². The molecular formula is C12H20N6S. The molecule has 1 aliphatic rings. The van der Waals surface area contributed by atoms with Crippen LogP contribution in [0.1, 0.15) is 5.69 Å². The van der Waals surface area contributed by atoms with Gasteiger partial charge in [0.2, 0.25) is 5.95 Å². The van der Waals surface area contributed by atoms with Crippen molar-refractivity contribution >= 4 is 28.9 Å². The molecule has 2 aromatic rings. The molecule has 19 heavy (non-hydrogen) atoms. The fourth-order valence-corrected chi connectivity index (χ4v) is 3.62. The molecule has 2 N–H and O–H groups in total. The molecule has 0 aromatic carbocycles. The van der Waals surface area contributed by atoms with Crippen molar-refractivity contribution in [3.63, 3.8) is 0 Å². The maximum atomic E-state index is 6.04. The van der Waals surface area contributed by atoms with E-state index >= 15 is 0 Å². The number of rotatable bonds is 3. The second-order valence-electron chi connectivity index (χ2n) is 4.96. The van der Waals surface area contributed by atoms with Crippen LogP contribution in [0.15, 0.2) is 0 Å². The quantitative estimate of drug-likeness (QED) is 0.897. The third-order valence-electron chi connectivity index (χ3n) is 3.66. The SMILES string of the molecule is Cc1nn(C)c2c1nc(N)n2CCN1CCSCC1. The molecule has 0 radical (unpaired) electrons. The van der Waals surface area contributed by atoms with Crippen LogP contribution in [-0.2, 0) is 13.6 Å². The van der Waals surface area contributed by atoms with Crippen LogP contribution in [0.4, 0.5) is 5.95 Å². The van der Waals surface area contributed by atoms with E-state index in [1.54, 1.807) is 0 Å². The minimum absolute atomic E-state index is 0.595. The highest BCUT2D eigenvalue weighted by atomic mass is 32.2. The Morgan fingerprint density at radius 2 is 2.00 bits per heavy atom. The average Bonchev–Trinajstić information content (AvgIpc) is 2.87. The van der Waals surface area contributed by atoms with Crippen molar-refractivity contribution < 1.29 is 0 Å². The van der Waals surface area contributed by atoms with Crippen molar-refractivity contribution in [2.75, 3.05) is 36.9 Å². The second-order valence-corrected chi connectivity index (χ2v) is 6.18. The molecule has 3 rings (SSSR count). The summed E-state index contributed by atoms with van der Waals surface area (Å²) in [4.78, 5) is 6.92. The lowest BCUT2D eigenvalue weighted by atomic mass is 10.4. The fraction of sp³-hybridized carbons (Fsp3) is 0.667. The van der Waals surface area contributed by atoms with Gasteiger partial charge in [0.15, 0.2) is 5.65 Å². The van der Waals surface area contributed by atoms with E-state index in [1.165, 1.54) is 24.6 Å². The first kappa shape index (κ1) is 12.8. The second kappa shape index (κ2) is 5.05. The first-order valence-electron chi connectivity index (χ1n) is 6.62. The van der Waals surface area contributed by atoms with Crippen LogP contribution >= 0.6 is 11.8 Å². The van der Waals surface area contributed by atoms with Gasteiger partial charge in [-0.05, 0) is 6.92 Å². The number of hydrogen-bond acceptors (Lipinski definition) is 5. The molecule has 0 amide bonds. The monoisotopic (exact) mass is 280 g/mol. The number of fused-ring (bicyclic) bond motifs is 1. The summed E-state index contributed by atoms with van der Waals surface area (Å²) in [6, 6.07) is 0. The molecule has 0 unspecified atom stereocenters. The number of aryl methyl sites for hydroxylation is 2. The van der Waals surface area contributed by atoms with Gasteiger partial charge in [-0.25, -0.2) is 4.98 Å². The van der Waals surface area contributed by atoms with Gasteiger partial charge >= 0.3 is 0 Å². The molecule has 0 spiro atoms. The summed E-state index contributed by atoms with van der Waals surface area (Å²) in [5.74, 6) is 3.07. The van der Waals surface area contributed by atoms with Crippen molar-refractivity contribution in [3.8, 4) is 0 Å². The van der Waals surface area contributed by atoms with Gasteiger partial charge in [0.05, 0.1) is 5.69 Å². The van der Waals surface area contributed by atoms with Crippen LogP contribution in [0.2, 0.25) is 0 Å². The lowest BCUT2D eigenvalue weighted by Crippen LogP contribution is -2.35. The number of nitrogens with two attached hydrogens (primary N) is 1. The minimum atomic E-state index is 0.595. The van der Waals surface area contributed by atoms with Gasteiger partial charge in [-0.2, -0.15) is 16.9 Å². The Labute approximate surface area is 116 Å². The van der Waals surface area contributed by atoms with Crippen molar-refractivity contribution in [2.45, 2.75) is 13.5 Å². The molecule has 1 aliphatic heterocycles. The summed E-state index contributed by atoms with van der Waals surface area (Å²) in [6.07, 6.45) is 0. The van der Waals surface area contributed by atoms with Gasteiger partial charge in [-0.15, -0.1) is 0 Å². The van der Waals surface area contributed by atoms with E-state index < -0.39 is 0 Å². The third kappa shape index (κ3) is 2.32. The standard InChI is InChI=1S/C12H20N6S/c1-9-10-11(16(2)15-9)18(12(13)14-10)4-3-17-5-7-19-8-6-17/h3-8H2,1-2H3,(H2,13,14). The first-order valence-corrected chi connectivity index (χ1v) is 7.77. The van der Waals surface area contributed by atoms with Gasteiger partial charge in [0.25, 0.3) is 0 Å². The molecule has 1 saturated heterocycles. The van der Waals surface area contributed by atoms with Crippen LogP contribution in [0.25, 0.3) is 11.2 Å². The van der Waals surface area contributed by atoms with E-state index in [9.17, 15) is 0 Å². The molecule has 6 nitrogen and oxygen atoms in total. The predicted molar refractivity (Wildman–Crippen MR) is 79.4 cm³/mol. The van der Waals surface area contributed by atoms with Crippen LogP contribution in [0.3, 0.4) is 0 Å². The van der Waals surface area contributed by atoms with E-state index in [2.05, 4.69) is 19.5 Å². The summed E-state index contributed by atoms with van der Waals surface area (Å²) >= 11 is 2.03. The third-order valence-corrected chi connectivity index (χ3v) is 4.61. The molecule has 2 aromatic heterocycles. The topological polar surface area (TPSA) is 64.9 Å². The Hall–Kier alpha value is -1.21. The van der Waals surface area contributed by atoms with Crippen LogP contribution in [0, 0.1) is 6.92 Å². The zero-order valence-electron chi connectivity index (χ0n) is 11.5. The smallest absolute Gasteiger partial charge is 0.202 e. The highest BCUT2D eigenvalue weighted by Gasteiger charge is 2.17. The molecule has 104 valence electrons. The normalized spacial score (nSPS) is 17.4. The van der Waals surface area contributed by atoms with Crippen molar-refractivity contribution in [1.29, 1.82) is 0 Å².